The second-order valence-corrected chi connectivity index (χ2v) is 13.6. The lowest BCUT2D eigenvalue weighted by atomic mass is 9.83. The number of halogens is 2. The summed E-state index contributed by atoms with van der Waals surface area (Å²) in [6, 6.07) is 14.9. The predicted octanol–water partition coefficient (Wildman–Crippen LogP) is 5.73. The van der Waals surface area contributed by atoms with Crippen LogP contribution in [0.5, 0.6) is 5.75 Å². The maximum atomic E-state index is 13.2. The van der Waals surface area contributed by atoms with Crippen molar-refractivity contribution in [2.24, 2.45) is 0 Å². The van der Waals surface area contributed by atoms with Gasteiger partial charge in [-0.15, -0.1) is 0 Å². The molecule has 11 nitrogen and oxygen atoms in total. The quantitative estimate of drug-likeness (QED) is 0.192. The highest BCUT2D eigenvalue weighted by atomic mass is 35.5. The van der Waals surface area contributed by atoms with Gasteiger partial charge in [-0.05, 0) is 88.7 Å². The topological polar surface area (TPSA) is 156 Å². The number of ether oxygens (including phenoxy) is 1. The molecule has 2 unspecified atom stereocenters. The van der Waals surface area contributed by atoms with Gasteiger partial charge in [0.1, 0.15) is 6.61 Å². The minimum absolute atomic E-state index is 0.103. The molecule has 5 heterocycles. The van der Waals surface area contributed by atoms with Crippen molar-refractivity contribution in [3.63, 3.8) is 0 Å². The van der Waals surface area contributed by atoms with E-state index in [4.69, 9.17) is 27.9 Å². The van der Waals surface area contributed by atoms with Gasteiger partial charge in [0.25, 0.3) is 0 Å². The zero-order valence-corrected chi connectivity index (χ0v) is 28.0. The van der Waals surface area contributed by atoms with Gasteiger partial charge in [0, 0.05) is 41.4 Å². The molecular formula is C37H29Cl2N5O6. The lowest BCUT2D eigenvalue weighted by molar-refractivity contribution is -0.135. The van der Waals surface area contributed by atoms with Crippen LogP contribution in [0.3, 0.4) is 0 Å². The van der Waals surface area contributed by atoms with Gasteiger partial charge >= 0.3 is 0 Å². The van der Waals surface area contributed by atoms with E-state index in [1.165, 1.54) is 0 Å². The van der Waals surface area contributed by atoms with Crippen LogP contribution in [0.2, 0.25) is 10.0 Å². The summed E-state index contributed by atoms with van der Waals surface area (Å²) in [5.74, 6) is -1.90. The minimum Gasteiger partial charge on any atom is -0.488 e. The smallest absolute Gasteiger partial charge is 0.234 e. The molecule has 0 bridgehead atoms. The molecule has 0 saturated carbocycles. The molecule has 4 aliphatic rings. The first-order chi connectivity index (χ1) is 24.1. The number of carbonyl (C=O) groups excluding carboxylic acids is 5. The molecule has 0 aliphatic carbocycles. The molecule has 3 aromatic carbocycles. The van der Waals surface area contributed by atoms with Crippen molar-refractivity contribution < 1.29 is 28.7 Å². The van der Waals surface area contributed by atoms with Crippen molar-refractivity contribution in [1.29, 1.82) is 0 Å². The number of aromatic nitrogens is 1. The summed E-state index contributed by atoms with van der Waals surface area (Å²) in [5.41, 5.74) is 6.57. The van der Waals surface area contributed by atoms with Crippen LogP contribution in [0, 0.1) is 0 Å². The van der Waals surface area contributed by atoms with Crippen molar-refractivity contribution in [3.8, 4) is 39.1 Å². The molecule has 4 aliphatic heterocycles. The van der Waals surface area contributed by atoms with Gasteiger partial charge in [-0.3, -0.25) is 34.6 Å². The van der Waals surface area contributed by atoms with Gasteiger partial charge in [-0.25, -0.2) is 4.98 Å². The van der Waals surface area contributed by atoms with Crippen molar-refractivity contribution in [3.05, 3.63) is 81.5 Å². The summed E-state index contributed by atoms with van der Waals surface area (Å²) in [7, 11) is 0. The molecule has 50 heavy (non-hydrogen) atoms. The Hall–Kier alpha value is -5.26. The molecule has 4 N–H and O–H groups in total. The summed E-state index contributed by atoms with van der Waals surface area (Å²) in [5, 5.41) is 11.6. The van der Waals surface area contributed by atoms with Crippen LogP contribution in [-0.2, 0) is 30.4 Å². The number of amides is 5. The largest absolute Gasteiger partial charge is 0.488 e. The first-order valence-corrected chi connectivity index (χ1v) is 17.0. The van der Waals surface area contributed by atoms with E-state index < -0.39 is 23.7 Å². The highest BCUT2D eigenvalue weighted by Gasteiger charge is 2.33. The Morgan fingerprint density at radius 2 is 1.30 bits per heavy atom. The summed E-state index contributed by atoms with van der Waals surface area (Å²) in [6.45, 7) is 1.09. The summed E-state index contributed by atoms with van der Waals surface area (Å²) in [4.78, 5) is 67.3. The molecule has 2 saturated heterocycles. The van der Waals surface area contributed by atoms with Crippen LogP contribution in [0.1, 0.15) is 54.2 Å². The van der Waals surface area contributed by atoms with Gasteiger partial charge in [-0.2, -0.15) is 0 Å². The normalized spacial score (nSPS) is 19.8. The lowest BCUT2D eigenvalue weighted by Crippen LogP contribution is -2.39. The highest BCUT2D eigenvalue weighted by molar-refractivity contribution is 6.35. The van der Waals surface area contributed by atoms with Crippen molar-refractivity contribution >= 4 is 64.2 Å². The molecule has 4 aromatic rings. The first kappa shape index (κ1) is 32.0. The zero-order chi connectivity index (χ0) is 34.7. The van der Waals surface area contributed by atoms with Gasteiger partial charge in [0.05, 0.1) is 34.8 Å². The van der Waals surface area contributed by atoms with Crippen LogP contribution in [0.25, 0.3) is 33.4 Å². The summed E-state index contributed by atoms with van der Waals surface area (Å²) in [6.07, 6.45) is 2.78. The fourth-order valence-corrected chi connectivity index (χ4v) is 7.80. The number of carbonyl (C=O) groups is 5. The Balaban J connectivity index is 1.34. The first-order valence-electron chi connectivity index (χ1n) is 16.3. The Labute approximate surface area is 296 Å². The lowest BCUT2D eigenvalue weighted by Gasteiger charge is -2.26. The average molecular weight is 711 g/mol. The van der Waals surface area contributed by atoms with Crippen LogP contribution in [0.15, 0.2) is 54.7 Å². The van der Waals surface area contributed by atoms with E-state index >= 15 is 0 Å². The Kier molecular flexibility index (Phi) is 8.04. The number of hydrogen-bond donors (Lipinski definition) is 4. The zero-order valence-electron chi connectivity index (χ0n) is 26.5. The van der Waals surface area contributed by atoms with Crippen molar-refractivity contribution in [2.75, 3.05) is 23.8 Å². The molecular weight excluding hydrogens is 681 g/mol. The van der Waals surface area contributed by atoms with E-state index in [1.807, 2.05) is 48.5 Å². The van der Waals surface area contributed by atoms with Crippen LogP contribution >= 0.6 is 23.2 Å². The molecule has 2 fully saturated rings. The third kappa shape index (κ3) is 5.76. The Morgan fingerprint density at radius 3 is 1.92 bits per heavy atom. The molecule has 252 valence electrons. The van der Waals surface area contributed by atoms with Crippen LogP contribution in [0.4, 0.5) is 11.5 Å². The number of benzene rings is 3. The number of pyridine rings is 1. The number of fused-ring (bicyclic) bond motifs is 2. The van der Waals surface area contributed by atoms with E-state index in [-0.39, 0.29) is 49.8 Å². The maximum Gasteiger partial charge on any atom is 0.234 e. The van der Waals surface area contributed by atoms with E-state index in [0.717, 1.165) is 16.8 Å². The Morgan fingerprint density at radius 1 is 0.680 bits per heavy atom. The van der Waals surface area contributed by atoms with E-state index in [0.29, 0.717) is 73.7 Å². The van der Waals surface area contributed by atoms with E-state index in [2.05, 4.69) is 26.3 Å². The van der Waals surface area contributed by atoms with Gasteiger partial charge in [0.15, 0.2) is 11.6 Å². The number of piperidine rings is 2. The van der Waals surface area contributed by atoms with Crippen molar-refractivity contribution in [1.82, 2.24) is 15.6 Å². The Bertz CT molecular complexity index is 2190. The number of nitrogens with one attached hydrogen (secondary N) is 4. The molecule has 1 aromatic heterocycles. The predicted molar refractivity (Wildman–Crippen MR) is 187 cm³/mol. The number of hydrogen-bond acceptors (Lipinski definition) is 8. The number of nitrogens with zero attached hydrogens (tertiary/aromatic N) is 1. The van der Waals surface area contributed by atoms with E-state index in [9.17, 15) is 24.0 Å². The standard InChI is InChI=1S/C37H29Cl2N5O6/c38-33-24(17-1-4-28-20(9-17)15-32(47)42-28)10-18(12-26(33)22-2-5-30(45)43-36(22)48)19-11-25(21-14-29-35(41-16-21)40-7-8-50-29)34(39)27(13-19)23-3-6-31(46)44-37(23)49/h1,4,9-14,16,22-23H,2-3,5-8,15H2,(H,40,41)(H,42,47)(H,43,45,48)(H,44,46,49). The minimum atomic E-state index is -0.703. The molecule has 0 spiro atoms. The van der Waals surface area contributed by atoms with Crippen LogP contribution in [-0.4, -0.2) is 47.7 Å². The third-order valence-electron chi connectivity index (χ3n) is 9.62. The second kappa shape index (κ2) is 12.6. The fourth-order valence-electron chi connectivity index (χ4n) is 7.10. The van der Waals surface area contributed by atoms with E-state index in [1.54, 1.807) is 6.20 Å². The van der Waals surface area contributed by atoms with Gasteiger partial charge in [0.2, 0.25) is 29.5 Å². The molecule has 5 amide bonds. The SMILES string of the molecule is O=C1CCC(c2cc(-c3cc(-c4cnc5c(c4)OCCN5)c(Cl)c(C4CCC(=O)NC4=O)c3)cc(-c3ccc4c(c3)CC(=O)N4)c2Cl)C(=O)N1. The second-order valence-electron chi connectivity index (χ2n) is 12.8. The number of rotatable bonds is 5. The molecule has 8 rings (SSSR count). The molecule has 13 heteroatoms. The number of anilines is 2. The van der Waals surface area contributed by atoms with Gasteiger partial charge < -0.3 is 15.4 Å². The maximum absolute atomic E-state index is 13.2. The highest BCUT2D eigenvalue weighted by Crippen LogP contribution is 2.46. The molecule has 0 radical (unpaired) electrons. The monoisotopic (exact) mass is 709 g/mol. The fraction of sp³-hybridized carbons (Fsp3) is 0.243. The summed E-state index contributed by atoms with van der Waals surface area (Å²) < 4.78 is 5.86. The average Bonchev–Trinajstić information content (AvgIpc) is 3.48. The van der Waals surface area contributed by atoms with Crippen molar-refractivity contribution in [2.45, 2.75) is 43.9 Å². The van der Waals surface area contributed by atoms with Gasteiger partial charge in [-0.1, -0.05) is 29.3 Å². The van der Waals surface area contributed by atoms with Crippen LogP contribution < -0.4 is 26.0 Å². The number of imide groups is 2. The summed E-state index contributed by atoms with van der Waals surface area (Å²) >= 11 is 14.3. The molecule has 2 atom stereocenters. The third-order valence-corrected chi connectivity index (χ3v) is 10.5.